The van der Waals surface area contributed by atoms with E-state index in [9.17, 15) is 9.90 Å². The van der Waals surface area contributed by atoms with Gasteiger partial charge in [-0.05, 0) is 65.9 Å². The summed E-state index contributed by atoms with van der Waals surface area (Å²) in [5.74, 6) is -0.905. The monoisotopic (exact) mass is 409 g/mol. The zero-order valence-electron chi connectivity index (χ0n) is 16.2. The minimum Gasteiger partial charge on any atom is -0.478 e. The summed E-state index contributed by atoms with van der Waals surface area (Å²) in [4.78, 5) is 11.1. The maximum Gasteiger partial charge on any atom is 0.335 e. The summed E-state index contributed by atoms with van der Waals surface area (Å²) in [7, 11) is 0. The molecule has 29 heavy (non-hydrogen) atoms. The molecule has 0 bridgehead atoms. The normalized spacial score (nSPS) is 12.0. The summed E-state index contributed by atoms with van der Waals surface area (Å²) < 4.78 is 0. The molecule has 3 N–H and O–H groups in total. The van der Waals surface area contributed by atoms with E-state index in [-0.39, 0.29) is 0 Å². The zero-order chi connectivity index (χ0) is 20.8. The summed E-state index contributed by atoms with van der Waals surface area (Å²) in [5, 5.41) is 23.3. The van der Waals surface area contributed by atoms with E-state index in [0.717, 1.165) is 35.2 Å². The van der Waals surface area contributed by atoms with Crippen LogP contribution in [0.15, 0.2) is 66.7 Å². The number of nitrogens with one attached hydrogen (secondary N) is 1. The topological polar surface area (TPSA) is 69.6 Å². The lowest BCUT2D eigenvalue weighted by Crippen LogP contribution is -2.23. The van der Waals surface area contributed by atoms with Crippen LogP contribution in [-0.2, 0) is 6.42 Å². The van der Waals surface area contributed by atoms with Crippen LogP contribution in [0.4, 0.5) is 0 Å². The molecule has 3 aromatic rings. The quantitative estimate of drug-likeness (QED) is 0.464. The lowest BCUT2D eigenvalue weighted by molar-refractivity contribution is 0.0696. The van der Waals surface area contributed by atoms with Crippen molar-refractivity contribution >= 4 is 17.6 Å². The maximum absolute atomic E-state index is 11.1. The largest absolute Gasteiger partial charge is 0.478 e. The molecule has 0 aliphatic rings. The number of aromatic carboxylic acids is 1. The number of carboxylic acids is 1. The van der Waals surface area contributed by atoms with Gasteiger partial charge in [-0.1, -0.05) is 60.1 Å². The first-order valence-corrected chi connectivity index (χ1v) is 9.89. The number of halogens is 1. The minimum atomic E-state index is -0.905. The Morgan fingerprint density at radius 3 is 2.41 bits per heavy atom. The van der Waals surface area contributed by atoms with Gasteiger partial charge in [0.1, 0.15) is 0 Å². The second-order valence-corrected chi connectivity index (χ2v) is 7.49. The third-order valence-electron chi connectivity index (χ3n) is 4.91. The summed E-state index contributed by atoms with van der Waals surface area (Å²) in [6, 6.07) is 20.9. The number of benzene rings is 3. The summed E-state index contributed by atoms with van der Waals surface area (Å²) in [6.45, 7) is 3.03. The Hall–Kier alpha value is -2.66. The number of hydrogen-bond donors (Lipinski definition) is 3. The molecule has 0 saturated heterocycles. The summed E-state index contributed by atoms with van der Waals surface area (Å²) in [6.07, 6.45) is 0.257. The van der Waals surface area contributed by atoms with Crippen LogP contribution in [0, 0.1) is 6.92 Å². The number of rotatable bonds is 8. The van der Waals surface area contributed by atoms with E-state index in [1.54, 1.807) is 18.2 Å². The SMILES string of the molecule is Cc1cc(-c2ccc(CCNC[C@H](O)c3cccc(Cl)c3)cc2)ccc1C(=O)O. The number of aryl methyl sites for hydroxylation is 1. The van der Waals surface area contributed by atoms with E-state index in [1.807, 2.05) is 43.3 Å². The Balaban J connectivity index is 1.52. The van der Waals surface area contributed by atoms with Crippen LogP contribution in [-0.4, -0.2) is 29.3 Å². The third-order valence-corrected chi connectivity index (χ3v) is 5.14. The highest BCUT2D eigenvalue weighted by molar-refractivity contribution is 6.30. The molecule has 0 fully saturated rings. The van der Waals surface area contributed by atoms with Crippen LogP contribution in [0.2, 0.25) is 5.02 Å². The number of aliphatic hydroxyl groups is 1. The predicted octanol–water partition coefficient (Wildman–Crippen LogP) is 4.88. The fraction of sp³-hybridized carbons (Fsp3) is 0.208. The molecule has 3 rings (SSSR count). The fourth-order valence-corrected chi connectivity index (χ4v) is 3.45. The average Bonchev–Trinajstić information content (AvgIpc) is 2.71. The first-order chi connectivity index (χ1) is 13.9. The molecule has 0 spiro atoms. The molecular formula is C24H24ClNO3. The number of aliphatic hydroxyl groups excluding tert-OH is 1. The molecule has 0 aromatic heterocycles. The lowest BCUT2D eigenvalue weighted by atomic mass is 9.98. The van der Waals surface area contributed by atoms with Crippen molar-refractivity contribution < 1.29 is 15.0 Å². The smallest absolute Gasteiger partial charge is 0.335 e. The Labute approximate surface area is 175 Å². The van der Waals surface area contributed by atoms with Gasteiger partial charge in [-0.15, -0.1) is 0 Å². The van der Waals surface area contributed by atoms with Gasteiger partial charge in [0.25, 0.3) is 0 Å². The molecule has 1 atom stereocenters. The predicted molar refractivity (Wildman–Crippen MR) is 117 cm³/mol. The van der Waals surface area contributed by atoms with Crippen molar-refractivity contribution in [2.45, 2.75) is 19.4 Å². The summed E-state index contributed by atoms with van der Waals surface area (Å²) >= 11 is 5.96. The van der Waals surface area contributed by atoms with Gasteiger partial charge in [0.15, 0.2) is 0 Å². The van der Waals surface area contributed by atoms with Crippen LogP contribution in [0.25, 0.3) is 11.1 Å². The molecule has 0 heterocycles. The molecule has 0 unspecified atom stereocenters. The van der Waals surface area contributed by atoms with Crippen LogP contribution in [0.1, 0.15) is 33.2 Å². The van der Waals surface area contributed by atoms with E-state index in [0.29, 0.717) is 17.1 Å². The van der Waals surface area contributed by atoms with E-state index in [1.165, 1.54) is 5.56 Å². The highest BCUT2D eigenvalue weighted by Crippen LogP contribution is 2.23. The van der Waals surface area contributed by atoms with E-state index < -0.39 is 12.1 Å². The Kier molecular flexibility index (Phi) is 7.04. The Bertz CT molecular complexity index is 986. The standard InChI is InChI=1S/C24H24ClNO3/c1-16-13-19(9-10-22(16)24(28)29)18-7-5-17(6-8-18)11-12-26-15-23(27)20-3-2-4-21(25)14-20/h2-10,13-14,23,26-27H,11-12,15H2,1H3,(H,28,29)/t23-/m0/s1. The van der Waals surface area contributed by atoms with E-state index >= 15 is 0 Å². The number of carbonyl (C=O) groups is 1. The third kappa shape index (κ3) is 5.67. The van der Waals surface area contributed by atoms with Crippen molar-refractivity contribution in [2.75, 3.05) is 13.1 Å². The highest BCUT2D eigenvalue weighted by atomic mass is 35.5. The molecule has 0 aliphatic heterocycles. The second kappa shape index (κ2) is 9.70. The molecule has 0 saturated carbocycles. The molecular weight excluding hydrogens is 386 g/mol. The van der Waals surface area contributed by atoms with Crippen molar-refractivity contribution in [3.8, 4) is 11.1 Å². The molecule has 3 aromatic carbocycles. The van der Waals surface area contributed by atoms with Gasteiger partial charge in [-0.2, -0.15) is 0 Å². The van der Waals surface area contributed by atoms with Gasteiger partial charge in [-0.25, -0.2) is 4.79 Å². The number of hydrogen-bond acceptors (Lipinski definition) is 3. The lowest BCUT2D eigenvalue weighted by Gasteiger charge is -2.13. The van der Waals surface area contributed by atoms with Crippen molar-refractivity contribution in [1.82, 2.24) is 5.32 Å². The van der Waals surface area contributed by atoms with Gasteiger partial charge >= 0.3 is 5.97 Å². The van der Waals surface area contributed by atoms with Crippen LogP contribution in [0.3, 0.4) is 0 Å². The highest BCUT2D eigenvalue weighted by Gasteiger charge is 2.09. The van der Waals surface area contributed by atoms with Gasteiger partial charge in [0.2, 0.25) is 0 Å². The van der Waals surface area contributed by atoms with Gasteiger partial charge in [-0.3, -0.25) is 0 Å². The molecule has 0 radical (unpaired) electrons. The van der Waals surface area contributed by atoms with Crippen LogP contribution in [0.5, 0.6) is 0 Å². The van der Waals surface area contributed by atoms with Crippen LogP contribution < -0.4 is 5.32 Å². The Morgan fingerprint density at radius 1 is 1.03 bits per heavy atom. The van der Waals surface area contributed by atoms with Crippen molar-refractivity contribution in [3.63, 3.8) is 0 Å². The van der Waals surface area contributed by atoms with Crippen molar-refractivity contribution in [1.29, 1.82) is 0 Å². The molecule has 150 valence electrons. The van der Waals surface area contributed by atoms with Gasteiger partial charge in [0, 0.05) is 11.6 Å². The van der Waals surface area contributed by atoms with Crippen molar-refractivity contribution in [2.24, 2.45) is 0 Å². The molecule has 0 amide bonds. The minimum absolute atomic E-state index is 0.330. The molecule has 0 aliphatic carbocycles. The molecule has 5 heteroatoms. The summed E-state index contributed by atoms with van der Waals surface area (Å²) in [5.41, 5.74) is 5.13. The first-order valence-electron chi connectivity index (χ1n) is 9.51. The van der Waals surface area contributed by atoms with Crippen molar-refractivity contribution in [3.05, 3.63) is 94.0 Å². The van der Waals surface area contributed by atoms with E-state index in [2.05, 4.69) is 17.4 Å². The maximum atomic E-state index is 11.1. The second-order valence-electron chi connectivity index (χ2n) is 7.06. The first kappa shape index (κ1) is 21.1. The Morgan fingerprint density at radius 2 is 1.76 bits per heavy atom. The van der Waals surface area contributed by atoms with Gasteiger partial charge in [0.05, 0.1) is 11.7 Å². The van der Waals surface area contributed by atoms with Gasteiger partial charge < -0.3 is 15.5 Å². The average molecular weight is 410 g/mol. The number of carboxylic acid groups (broad SMARTS) is 1. The zero-order valence-corrected chi connectivity index (χ0v) is 17.0. The van der Waals surface area contributed by atoms with E-state index in [4.69, 9.17) is 16.7 Å². The molecule has 4 nitrogen and oxygen atoms in total. The fourth-order valence-electron chi connectivity index (χ4n) is 3.25. The van der Waals surface area contributed by atoms with Crippen LogP contribution >= 0.6 is 11.6 Å².